The summed E-state index contributed by atoms with van der Waals surface area (Å²) in [5.41, 5.74) is 0.654. The van der Waals surface area contributed by atoms with E-state index >= 15 is 0 Å². The van der Waals surface area contributed by atoms with E-state index in [1.54, 1.807) is 15.9 Å². The molecular weight excluding hydrogens is 610 g/mol. The molecule has 0 spiro atoms. The average molecular weight is 637 g/mol. The summed E-state index contributed by atoms with van der Waals surface area (Å²) in [6.45, 7) is 4.80. The summed E-state index contributed by atoms with van der Waals surface area (Å²) in [5, 5.41) is 22.7. The fraction of sp³-hybridized carbons (Fsp3) is 0.440. The maximum Gasteiger partial charge on any atom is 0.294 e. The summed E-state index contributed by atoms with van der Waals surface area (Å²) in [4.78, 5) is 46.1. The molecule has 2 amide bonds. The highest BCUT2D eigenvalue weighted by atomic mass is 79.9. The normalized spacial score (nSPS) is 23.0. The highest BCUT2D eigenvalue weighted by Crippen LogP contribution is 2.36. The van der Waals surface area contributed by atoms with E-state index in [9.17, 15) is 19.7 Å². The van der Waals surface area contributed by atoms with Gasteiger partial charge in [-0.1, -0.05) is 27.5 Å². The number of nitrogens with zero attached hydrogens (tertiary/aromatic N) is 5. The van der Waals surface area contributed by atoms with Crippen molar-refractivity contribution in [1.29, 1.82) is 0 Å². The fourth-order valence-electron chi connectivity index (χ4n) is 5.34. The predicted molar refractivity (Wildman–Crippen MR) is 150 cm³/mol. The Bertz CT molecular complexity index is 1480. The number of benzene rings is 1. The van der Waals surface area contributed by atoms with Crippen LogP contribution in [0.5, 0.6) is 0 Å². The molecule has 2 fully saturated rings. The van der Waals surface area contributed by atoms with E-state index in [0.717, 1.165) is 0 Å². The van der Waals surface area contributed by atoms with Crippen LogP contribution in [0.3, 0.4) is 0 Å². The number of ether oxygens (including phenoxy) is 2. The van der Waals surface area contributed by atoms with Crippen molar-refractivity contribution >= 4 is 61.6 Å². The van der Waals surface area contributed by atoms with Crippen molar-refractivity contribution in [2.24, 2.45) is 0 Å². The topological polar surface area (TPSA) is 156 Å². The molecule has 2 aromatic heterocycles. The van der Waals surface area contributed by atoms with Crippen molar-refractivity contribution in [1.82, 2.24) is 25.0 Å². The Hall–Kier alpha value is -3.33. The number of methoxy groups -OCH3 is 1. The first-order chi connectivity index (χ1) is 19.1. The molecule has 0 aliphatic carbocycles. The van der Waals surface area contributed by atoms with E-state index in [4.69, 9.17) is 21.1 Å². The molecule has 2 N–H and O–H groups in total. The van der Waals surface area contributed by atoms with Crippen LogP contribution in [0.25, 0.3) is 10.9 Å². The van der Waals surface area contributed by atoms with Gasteiger partial charge in [-0.3, -0.25) is 29.8 Å². The molecule has 3 aromatic rings. The lowest BCUT2D eigenvalue weighted by atomic mass is 10.1. The molecule has 4 heterocycles. The number of aromatic amines is 1. The number of morpholine rings is 1. The molecule has 40 heavy (non-hydrogen) atoms. The molecule has 4 atom stereocenters. The van der Waals surface area contributed by atoms with Gasteiger partial charge >= 0.3 is 0 Å². The summed E-state index contributed by atoms with van der Waals surface area (Å²) >= 11 is 9.56. The van der Waals surface area contributed by atoms with E-state index < -0.39 is 17.1 Å². The van der Waals surface area contributed by atoms with Crippen LogP contribution in [0, 0.1) is 10.1 Å². The second kappa shape index (κ2) is 11.3. The number of carbonyl (C=O) groups is 2. The molecule has 0 radical (unpaired) electrons. The summed E-state index contributed by atoms with van der Waals surface area (Å²) in [6.07, 6.45) is 2.05. The Morgan fingerprint density at radius 3 is 2.50 bits per heavy atom. The Kier molecular flexibility index (Phi) is 7.95. The van der Waals surface area contributed by atoms with Gasteiger partial charge in [-0.2, -0.15) is 5.10 Å². The van der Waals surface area contributed by atoms with Crippen LogP contribution in [0.2, 0.25) is 5.15 Å². The number of H-pyrrole nitrogens is 1. The molecule has 15 heteroatoms. The minimum absolute atomic E-state index is 0.0630. The van der Waals surface area contributed by atoms with Crippen LogP contribution in [0.1, 0.15) is 34.6 Å². The summed E-state index contributed by atoms with van der Waals surface area (Å²) in [7, 11) is 1.50. The first-order valence-electron chi connectivity index (χ1n) is 12.6. The minimum atomic E-state index is -0.560. The number of nitrogens with one attached hydrogen (secondary N) is 2. The number of likely N-dealkylation sites (tertiary alicyclic amines) is 1. The van der Waals surface area contributed by atoms with E-state index in [1.807, 2.05) is 13.8 Å². The molecule has 2 saturated heterocycles. The lowest BCUT2D eigenvalue weighted by molar-refractivity contribution is -0.384. The van der Waals surface area contributed by atoms with Crippen molar-refractivity contribution in [2.75, 3.05) is 38.6 Å². The van der Waals surface area contributed by atoms with Gasteiger partial charge in [-0.25, -0.2) is 0 Å². The Morgan fingerprint density at radius 1 is 1.15 bits per heavy atom. The van der Waals surface area contributed by atoms with Gasteiger partial charge < -0.3 is 24.6 Å². The summed E-state index contributed by atoms with van der Waals surface area (Å²) in [6, 6.07) is 2.35. The lowest BCUT2D eigenvalue weighted by Gasteiger charge is -2.35. The van der Waals surface area contributed by atoms with Gasteiger partial charge in [-0.15, -0.1) is 0 Å². The number of halogens is 2. The largest absolute Gasteiger partial charge is 0.377 e. The number of amides is 2. The Morgan fingerprint density at radius 2 is 1.82 bits per heavy atom. The highest BCUT2D eigenvalue weighted by Gasteiger charge is 2.39. The smallest absolute Gasteiger partial charge is 0.294 e. The standard InChI is InChI=1S/C25H27BrClN7O6/c1-12-8-32(9-13(2)40-12)24(35)15-4-14(26)5-19(34(37)38)22(15)29-18-10-33(11-20(18)39-3)25(36)16-6-28-7-17-21(16)23(27)31-30-17/h4-7,12-13,18,20,29H,8-11H2,1-3H3,(H,30,31)/t12-,13+,18-,20-/m0/s1. The number of hydrogen-bond donors (Lipinski definition) is 2. The Labute approximate surface area is 242 Å². The van der Waals surface area contributed by atoms with Gasteiger partial charge in [0.1, 0.15) is 16.4 Å². The van der Waals surface area contributed by atoms with Crippen LogP contribution in [0.15, 0.2) is 29.0 Å². The number of nitro groups is 1. The molecule has 13 nitrogen and oxygen atoms in total. The van der Waals surface area contributed by atoms with Crippen molar-refractivity contribution < 1.29 is 24.0 Å². The van der Waals surface area contributed by atoms with Crippen molar-refractivity contribution in [3.8, 4) is 0 Å². The third-order valence-electron chi connectivity index (χ3n) is 7.05. The van der Waals surface area contributed by atoms with Crippen molar-refractivity contribution in [2.45, 2.75) is 38.2 Å². The van der Waals surface area contributed by atoms with Gasteiger partial charge in [0.25, 0.3) is 17.5 Å². The predicted octanol–water partition coefficient (Wildman–Crippen LogP) is 3.48. The number of carbonyl (C=O) groups excluding carboxylic acids is 2. The third-order valence-corrected chi connectivity index (χ3v) is 7.78. The Balaban J connectivity index is 1.46. The zero-order valence-corrected chi connectivity index (χ0v) is 24.2. The van der Waals surface area contributed by atoms with E-state index in [1.165, 1.54) is 25.6 Å². The molecule has 0 saturated carbocycles. The quantitative estimate of drug-likeness (QED) is 0.306. The van der Waals surface area contributed by atoms with Crippen LogP contribution >= 0.6 is 27.5 Å². The van der Waals surface area contributed by atoms with Gasteiger partial charge in [0, 0.05) is 50.0 Å². The van der Waals surface area contributed by atoms with Gasteiger partial charge in [0.05, 0.1) is 52.0 Å². The lowest BCUT2D eigenvalue weighted by Crippen LogP contribution is -2.48. The number of anilines is 1. The maximum absolute atomic E-state index is 13.7. The zero-order chi connectivity index (χ0) is 28.7. The van der Waals surface area contributed by atoms with Gasteiger partial charge in [-0.05, 0) is 19.9 Å². The van der Waals surface area contributed by atoms with Crippen LogP contribution in [0.4, 0.5) is 11.4 Å². The van der Waals surface area contributed by atoms with Gasteiger partial charge in [0.15, 0.2) is 0 Å². The first kappa shape index (κ1) is 28.2. The molecule has 5 rings (SSSR count). The number of aromatic nitrogens is 3. The second-order valence-electron chi connectivity index (χ2n) is 9.93. The highest BCUT2D eigenvalue weighted by molar-refractivity contribution is 9.10. The number of hydrogen-bond acceptors (Lipinski definition) is 9. The first-order valence-corrected chi connectivity index (χ1v) is 13.7. The fourth-order valence-corrected chi connectivity index (χ4v) is 6.02. The van der Waals surface area contributed by atoms with E-state index in [0.29, 0.717) is 28.5 Å². The number of rotatable bonds is 6. The second-order valence-corrected chi connectivity index (χ2v) is 11.2. The monoisotopic (exact) mass is 635 g/mol. The summed E-state index contributed by atoms with van der Waals surface area (Å²) < 4.78 is 11.8. The van der Waals surface area contributed by atoms with E-state index in [2.05, 4.69) is 36.4 Å². The molecule has 2 aliphatic rings. The number of pyridine rings is 1. The average Bonchev–Trinajstić information content (AvgIpc) is 3.51. The SMILES string of the molecule is CO[C@H]1CN(C(=O)c2cncc3n[nH]c(Cl)c23)C[C@@H]1Nc1c(C(=O)N2C[C@@H](C)O[C@@H](C)C2)cc(Br)cc1[N+](=O)[O-]. The number of nitro benzene ring substituents is 1. The molecule has 1 aromatic carbocycles. The molecule has 2 aliphatic heterocycles. The van der Waals surface area contributed by atoms with Crippen molar-refractivity contribution in [3.05, 3.63) is 55.4 Å². The van der Waals surface area contributed by atoms with Crippen LogP contribution in [-0.2, 0) is 9.47 Å². The van der Waals surface area contributed by atoms with Gasteiger partial charge in [0.2, 0.25) is 0 Å². The zero-order valence-electron chi connectivity index (χ0n) is 21.9. The molecule has 212 valence electrons. The third kappa shape index (κ3) is 5.36. The molecule has 0 bridgehead atoms. The van der Waals surface area contributed by atoms with Crippen molar-refractivity contribution in [3.63, 3.8) is 0 Å². The summed E-state index contributed by atoms with van der Waals surface area (Å²) in [5.74, 6) is -0.702. The maximum atomic E-state index is 13.7. The minimum Gasteiger partial charge on any atom is -0.377 e. The molecular formula is C25H27BrClN7O6. The van der Waals surface area contributed by atoms with Crippen LogP contribution < -0.4 is 5.32 Å². The van der Waals surface area contributed by atoms with E-state index in [-0.39, 0.29) is 64.8 Å². The number of fused-ring (bicyclic) bond motifs is 1. The van der Waals surface area contributed by atoms with Crippen LogP contribution in [-0.4, -0.2) is 99.4 Å². The molecule has 0 unspecified atom stereocenters.